The van der Waals surface area contributed by atoms with Gasteiger partial charge in [-0.05, 0) is 18.1 Å². The van der Waals surface area contributed by atoms with Gasteiger partial charge in [-0.2, -0.15) is 0 Å². The van der Waals surface area contributed by atoms with E-state index in [1.165, 1.54) is 16.7 Å². The van der Waals surface area contributed by atoms with Crippen molar-refractivity contribution >= 4 is 13.9 Å². The largest absolute Gasteiger partial charge is 0.0991 e. The fourth-order valence-electron chi connectivity index (χ4n) is 1.28. The molecule has 0 aliphatic heterocycles. The third-order valence-electron chi connectivity index (χ3n) is 2.12. The van der Waals surface area contributed by atoms with E-state index >= 15 is 0 Å². The molecule has 1 aromatic carbocycles. The van der Waals surface area contributed by atoms with Gasteiger partial charge in [-0.3, -0.25) is 0 Å². The molecule has 0 aromatic heterocycles. The van der Waals surface area contributed by atoms with Crippen molar-refractivity contribution in [3.05, 3.63) is 53.6 Å². The summed E-state index contributed by atoms with van der Waals surface area (Å²) < 4.78 is 0. The second kappa shape index (κ2) is 4.71. The molecule has 0 nitrogen and oxygen atoms in total. The van der Waals surface area contributed by atoms with E-state index in [2.05, 4.69) is 25.6 Å². The van der Waals surface area contributed by atoms with Crippen molar-refractivity contribution in [3.63, 3.8) is 0 Å². The third kappa shape index (κ3) is 2.35. The van der Waals surface area contributed by atoms with Crippen LogP contribution < -0.4 is 0 Å². The highest BCUT2D eigenvalue weighted by molar-refractivity contribution is 6.08. The van der Waals surface area contributed by atoms with Gasteiger partial charge >= 0.3 is 0 Å². The van der Waals surface area contributed by atoms with Crippen molar-refractivity contribution in [1.29, 1.82) is 0 Å². The molecule has 0 fully saturated rings. The normalized spacial score (nSPS) is 10.5. The van der Waals surface area contributed by atoms with Crippen molar-refractivity contribution in [2.45, 2.75) is 13.2 Å². The van der Waals surface area contributed by atoms with Crippen molar-refractivity contribution < 1.29 is 0 Å². The van der Waals surface area contributed by atoms with Crippen LogP contribution in [0.5, 0.6) is 0 Å². The molecule has 0 N–H and O–H groups in total. The molecule has 0 heterocycles. The van der Waals surface area contributed by atoms with E-state index in [1.807, 2.05) is 18.2 Å². The van der Waals surface area contributed by atoms with Crippen LogP contribution in [0.2, 0.25) is 0 Å². The van der Waals surface area contributed by atoms with Crippen LogP contribution in [0.15, 0.2) is 36.9 Å². The van der Waals surface area contributed by atoms with E-state index in [0.29, 0.717) is 6.32 Å². The van der Waals surface area contributed by atoms with Crippen molar-refractivity contribution in [2.75, 3.05) is 0 Å². The van der Waals surface area contributed by atoms with Gasteiger partial charge in [0.25, 0.3) is 0 Å². The summed E-state index contributed by atoms with van der Waals surface area (Å²) in [5.74, 6) is 0. The van der Waals surface area contributed by atoms with Gasteiger partial charge in [0.05, 0.1) is 7.85 Å². The third-order valence-corrected chi connectivity index (χ3v) is 2.12. The first-order chi connectivity index (χ1) is 6.29. The zero-order valence-corrected chi connectivity index (χ0v) is 7.96. The standard InChI is InChI=1S/C12H13B/c1-3-4-6-11-7-5-8-12(9-13)10(11)2/h3-8H,1,9H2,2H3/b6-4-. The Balaban J connectivity index is 3.07. The highest BCUT2D eigenvalue weighted by Crippen LogP contribution is 2.14. The van der Waals surface area contributed by atoms with E-state index in [9.17, 15) is 0 Å². The summed E-state index contributed by atoms with van der Waals surface area (Å²) in [7, 11) is 5.60. The molecule has 1 aromatic rings. The Labute approximate surface area is 81.4 Å². The zero-order valence-electron chi connectivity index (χ0n) is 7.96. The Morgan fingerprint density at radius 3 is 2.85 bits per heavy atom. The maximum Gasteiger partial charge on any atom is 0.0716 e. The molecule has 1 heteroatoms. The Morgan fingerprint density at radius 2 is 2.23 bits per heavy atom. The van der Waals surface area contributed by atoms with Crippen molar-refractivity contribution in [2.24, 2.45) is 0 Å². The van der Waals surface area contributed by atoms with E-state index < -0.39 is 0 Å². The van der Waals surface area contributed by atoms with Crippen LogP contribution in [0, 0.1) is 6.92 Å². The number of benzene rings is 1. The van der Waals surface area contributed by atoms with Crippen LogP contribution >= 0.6 is 0 Å². The second-order valence-corrected chi connectivity index (χ2v) is 2.93. The summed E-state index contributed by atoms with van der Waals surface area (Å²) in [5, 5.41) is 0. The number of allylic oxidation sites excluding steroid dienone is 2. The topological polar surface area (TPSA) is 0 Å². The lowest BCUT2D eigenvalue weighted by Gasteiger charge is -2.05. The molecule has 64 valence electrons. The average molecular weight is 168 g/mol. The smallest absolute Gasteiger partial charge is 0.0716 e. The molecule has 0 atom stereocenters. The minimum absolute atomic E-state index is 0.599. The van der Waals surface area contributed by atoms with E-state index in [-0.39, 0.29) is 0 Å². The van der Waals surface area contributed by atoms with Gasteiger partial charge in [-0.1, -0.05) is 54.9 Å². The average Bonchev–Trinajstić information content (AvgIpc) is 2.16. The Hall–Kier alpha value is -1.24. The first kappa shape index (κ1) is 9.85. The lowest BCUT2D eigenvalue weighted by Crippen LogP contribution is -1.91. The van der Waals surface area contributed by atoms with Gasteiger partial charge in [0.2, 0.25) is 0 Å². The van der Waals surface area contributed by atoms with Crippen LogP contribution in [0.4, 0.5) is 0 Å². The predicted molar refractivity (Wildman–Crippen MR) is 59.9 cm³/mol. The minimum Gasteiger partial charge on any atom is -0.0991 e. The molecule has 13 heavy (non-hydrogen) atoms. The first-order valence-corrected chi connectivity index (χ1v) is 4.37. The van der Waals surface area contributed by atoms with Crippen molar-refractivity contribution in [1.82, 2.24) is 0 Å². The molecular weight excluding hydrogens is 155 g/mol. The highest BCUT2D eigenvalue weighted by Gasteiger charge is 1.97. The molecule has 0 aliphatic rings. The molecule has 0 aliphatic carbocycles. The summed E-state index contributed by atoms with van der Waals surface area (Å²) in [4.78, 5) is 0. The second-order valence-electron chi connectivity index (χ2n) is 2.93. The summed E-state index contributed by atoms with van der Waals surface area (Å²) in [6.07, 6.45) is 6.35. The number of hydrogen-bond acceptors (Lipinski definition) is 0. The lowest BCUT2D eigenvalue weighted by atomic mass is 9.91. The van der Waals surface area contributed by atoms with Gasteiger partial charge in [0.1, 0.15) is 0 Å². The van der Waals surface area contributed by atoms with Crippen LogP contribution in [-0.4, -0.2) is 7.85 Å². The minimum atomic E-state index is 0.599. The van der Waals surface area contributed by atoms with Gasteiger partial charge in [-0.15, -0.1) is 0 Å². The monoisotopic (exact) mass is 168 g/mol. The fraction of sp³-hybridized carbons (Fsp3) is 0.167. The van der Waals surface area contributed by atoms with Gasteiger partial charge in [0.15, 0.2) is 0 Å². The Morgan fingerprint density at radius 1 is 1.46 bits per heavy atom. The van der Waals surface area contributed by atoms with Crippen LogP contribution in [0.1, 0.15) is 16.7 Å². The maximum absolute atomic E-state index is 5.60. The predicted octanol–water partition coefficient (Wildman–Crippen LogP) is 2.86. The highest BCUT2D eigenvalue weighted by atomic mass is 14.0. The summed E-state index contributed by atoms with van der Waals surface area (Å²) in [6.45, 7) is 5.72. The van der Waals surface area contributed by atoms with Crippen LogP contribution in [-0.2, 0) is 6.32 Å². The summed E-state index contributed by atoms with van der Waals surface area (Å²) in [6, 6.07) is 6.16. The fourth-order valence-corrected chi connectivity index (χ4v) is 1.28. The molecule has 0 saturated carbocycles. The van der Waals surface area contributed by atoms with Crippen LogP contribution in [0.3, 0.4) is 0 Å². The molecule has 0 amide bonds. The molecule has 0 saturated heterocycles. The first-order valence-electron chi connectivity index (χ1n) is 4.37. The molecule has 1 rings (SSSR count). The van der Waals surface area contributed by atoms with Gasteiger partial charge in [-0.25, -0.2) is 0 Å². The number of hydrogen-bond donors (Lipinski definition) is 0. The van der Waals surface area contributed by atoms with Gasteiger partial charge in [0, 0.05) is 0 Å². The zero-order chi connectivity index (χ0) is 9.68. The summed E-state index contributed by atoms with van der Waals surface area (Å²) in [5.41, 5.74) is 3.66. The van der Waals surface area contributed by atoms with Crippen molar-refractivity contribution in [3.8, 4) is 0 Å². The Kier molecular flexibility index (Phi) is 3.57. The van der Waals surface area contributed by atoms with E-state index in [4.69, 9.17) is 7.85 Å². The SMILES string of the molecule is [B]Cc1cccc(/C=C\C=C)c1C. The lowest BCUT2D eigenvalue weighted by molar-refractivity contribution is 1.29. The molecule has 0 spiro atoms. The summed E-state index contributed by atoms with van der Waals surface area (Å²) >= 11 is 0. The quantitative estimate of drug-likeness (QED) is 0.480. The van der Waals surface area contributed by atoms with E-state index in [0.717, 1.165) is 0 Å². The van der Waals surface area contributed by atoms with Crippen LogP contribution in [0.25, 0.3) is 6.08 Å². The maximum atomic E-state index is 5.60. The molecule has 0 unspecified atom stereocenters. The van der Waals surface area contributed by atoms with Gasteiger partial charge < -0.3 is 0 Å². The molecule has 2 radical (unpaired) electrons. The van der Waals surface area contributed by atoms with E-state index in [1.54, 1.807) is 6.08 Å². The molecule has 0 bridgehead atoms. The number of rotatable bonds is 3. The molecular formula is C12H13B. The Bertz CT molecular complexity index is 324.